The number of halogens is 4. The molecule has 0 spiro atoms. The lowest BCUT2D eigenvalue weighted by atomic mass is 10.0. The van der Waals surface area contributed by atoms with Crippen LogP contribution in [0.25, 0.3) is 0 Å². The molecular weight excluding hydrogens is 567 g/mol. The van der Waals surface area contributed by atoms with Gasteiger partial charge in [-0.15, -0.1) is 0 Å². The monoisotopic (exact) mass is 591 g/mol. The molecule has 1 saturated heterocycles. The molecule has 1 atom stereocenters. The number of amides is 1. The normalized spacial score (nSPS) is 17.3. The summed E-state index contributed by atoms with van der Waals surface area (Å²) in [5, 5.41) is 12.2. The highest BCUT2D eigenvalue weighted by atomic mass is 35.5. The van der Waals surface area contributed by atoms with Crippen molar-refractivity contribution in [3.05, 3.63) is 76.4 Å². The Morgan fingerprint density at radius 1 is 1.07 bits per heavy atom. The van der Waals surface area contributed by atoms with Gasteiger partial charge >= 0.3 is 12.3 Å². The lowest BCUT2D eigenvalue weighted by Crippen LogP contribution is -2.45. The van der Waals surface area contributed by atoms with Crippen molar-refractivity contribution in [3.63, 3.8) is 0 Å². The van der Waals surface area contributed by atoms with Crippen molar-refractivity contribution in [1.82, 2.24) is 10.3 Å². The van der Waals surface area contributed by atoms with Gasteiger partial charge in [0.1, 0.15) is 34.9 Å². The van der Waals surface area contributed by atoms with Crippen molar-refractivity contribution >= 4 is 29.5 Å². The number of pyridine rings is 1. The summed E-state index contributed by atoms with van der Waals surface area (Å²) < 4.78 is 55.4. The van der Waals surface area contributed by atoms with Crippen LogP contribution in [-0.4, -0.2) is 47.9 Å². The number of hydrogen-bond acceptors (Lipinski definition) is 7. The second-order valence-electron chi connectivity index (χ2n) is 9.57. The number of carboxylic acid groups (broad SMARTS) is 1. The second kappa shape index (κ2) is 11.7. The van der Waals surface area contributed by atoms with Gasteiger partial charge in [0.05, 0.1) is 11.6 Å². The molecule has 5 rings (SSSR count). The van der Waals surface area contributed by atoms with Crippen LogP contribution >= 0.6 is 11.6 Å². The molecule has 0 radical (unpaired) electrons. The minimum atomic E-state index is -4.51. The van der Waals surface area contributed by atoms with Crippen molar-refractivity contribution in [2.24, 2.45) is 0 Å². The number of benzene rings is 2. The predicted octanol–water partition coefficient (Wildman–Crippen LogP) is 6.46. The summed E-state index contributed by atoms with van der Waals surface area (Å²) in [6.07, 6.45) is -5.10. The SMILES string of the molecule is O=C(O)OC1CCOc2cc(Oc3ccc(C(=O)NC4CCN(c5cccc(C(F)(F)F)n5)CC4)cc3)c(Cl)cc21. The van der Waals surface area contributed by atoms with Gasteiger partial charge in [0.15, 0.2) is 0 Å². The molecular formula is C28H25ClF3N3O6. The van der Waals surface area contributed by atoms with Crippen molar-refractivity contribution in [2.75, 3.05) is 24.6 Å². The molecule has 3 heterocycles. The van der Waals surface area contributed by atoms with E-state index in [1.54, 1.807) is 47.4 Å². The Bertz CT molecular complexity index is 1430. The Hall–Kier alpha value is -4.19. The first kappa shape index (κ1) is 28.3. The third kappa shape index (κ3) is 6.76. The third-order valence-corrected chi connectivity index (χ3v) is 7.11. The quantitative estimate of drug-likeness (QED) is 0.314. The van der Waals surface area contributed by atoms with E-state index in [4.69, 9.17) is 30.9 Å². The Balaban J connectivity index is 1.16. The molecule has 0 aliphatic carbocycles. The maximum Gasteiger partial charge on any atom is 0.506 e. The minimum Gasteiger partial charge on any atom is -0.493 e. The number of ether oxygens (including phenoxy) is 3. The number of anilines is 1. The topological polar surface area (TPSA) is 110 Å². The molecule has 0 saturated carbocycles. The zero-order chi connectivity index (χ0) is 29.1. The fourth-order valence-electron chi connectivity index (χ4n) is 4.76. The highest BCUT2D eigenvalue weighted by Crippen LogP contribution is 2.42. The van der Waals surface area contributed by atoms with Gasteiger partial charge in [-0.2, -0.15) is 13.2 Å². The number of fused-ring (bicyclic) bond motifs is 1. The van der Waals surface area contributed by atoms with Gasteiger partial charge in [0.25, 0.3) is 5.91 Å². The standard InChI is InChI=1S/C28H25ClF3N3O6/c29-20-14-19-21(41-27(37)38)10-13-39-22(19)15-23(20)40-18-6-4-16(5-7-18)26(36)33-17-8-11-35(12-9-17)25-3-1-2-24(34-25)28(30,31)32/h1-7,14-15,17,21H,8-13H2,(H,33,36)(H,37,38). The number of aromatic nitrogens is 1. The molecule has 1 fully saturated rings. The van der Waals surface area contributed by atoms with E-state index in [-0.39, 0.29) is 29.4 Å². The van der Waals surface area contributed by atoms with E-state index in [0.29, 0.717) is 60.7 Å². The van der Waals surface area contributed by atoms with Crippen LogP contribution in [0.4, 0.5) is 23.8 Å². The van der Waals surface area contributed by atoms with Crippen molar-refractivity contribution < 1.29 is 42.1 Å². The number of rotatable bonds is 6. The predicted molar refractivity (Wildman–Crippen MR) is 142 cm³/mol. The van der Waals surface area contributed by atoms with E-state index in [1.165, 1.54) is 6.07 Å². The molecule has 2 aliphatic rings. The maximum atomic E-state index is 13.0. The Morgan fingerprint density at radius 3 is 2.49 bits per heavy atom. The molecule has 13 heteroatoms. The van der Waals surface area contributed by atoms with E-state index in [2.05, 4.69) is 10.3 Å². The molecule has 41 heavy (non-hydrogen) atoms. The Kier molecular flexibility index (Phi) is 8.11. The number of carbonyl (C=O) groups excluding carboxylic acids is 1. The van der Waals surface area contributed by atoms with Crippen molar-refractivity contribution in [3.8, 4) is 17.2 Å². The first-order valence-electron chi connectivity index (χ1n) is 12.8. The van der Waals surface area contributed by atoms with E-state index >= 15 is 0 Å². The second-order valence-corrected chi connectivity index (χ2v) is 9.98. The summed E-state index contributed by atoms with van der Waals surface area (Å²) in [5.41, 5.74) is -0.00754. The first-order valence-corrected chi connectivity index (χ1v) is 13.2. The fraction of sp³-hybridized carbons (Fsp3) is 0.321. The lowest BCUT2D eigenvalue weighted by molar-refractivity contribution is -0.141. The van der Waals surface area contributed by atoms with Gasteiger partial charge < -0.3 is 29.5 Å². The van der Waals surface area contributed by atoms with Crippen LogP contribution in [0.15, 0.2) is 54.6 Å². The van der Waals surface area contributed by atoms with E-state index in [1.807, 2.05) is 0 Å². The maximum absolute atomic E-state index is 13.0. The third-order valence-electron chi connectivity index (χ3n) is 6.82. The van der Waals surface area contributed by atoms with Gasteiger partial charge in [-0.3, -0.25) is 4.79 Å². The van der Waals surface area contributed by atoms with Crippen LogP contribution < -0.4 is 19.7 Å². The van der Waals surface area contributed by atoms with Crippen LogP contribution in [-0.2, 0) is 10.9 Å². The highest BCUT2D eigenvalue weighted by molar-refractivity contribution is 6.32. The van der Waals surface area contributed by atoms with Crippen LogP contribution in [0.5, 0.6) is 17.2 Å². The summed E-state index contributed by atoms with van der Waals surface area (Å²) in [5.74, 6) is 1.10. The summed E-state index contributed by atoms with van der Waals surface area (Å²) in [6, 6.07) is 13.2. The number of nitrogens with one attached hydrogen (secondary N) is 1. The summed E-state index contributed by atoms with van der Waals surface area (Å²) >= 11 is 6.38. The highest BCUT2D eigenvalue weighted by Gasteiger charge is 2.33. The number of alkyl halides is 3. The lowest BCUT2D eigenvalue weighted by Gasteiger charge is -2.33. The average Bonchev–Trinajstić information content (AvgIpc) is 2.94. The van der Waals surface area contributed by atoms with Gasteiger partial charge in [0.2, 0.25) is 0 Å². The van der Waals surface area contributed by atoms with Crippen molar-refractivity contribution in [2.45, 2.75) is 37.6 Å². The minimum absolute atomic E-state index is 0.135. The van der Waals surface area contributed by atoms with Gasteiger partial charge in [-0.05, 0) is 55.3 Å². The van der Waals surface area contributed by atoms with E-state index in [0.717, 1.165) is 6.07 Å². The molecule has 1 unspecified atom stereocenters. The smallest absolute Gasteiger partial charge is 0.493 e. The zero-order valence-electron chi connectivity index (χ0n) is 21.5. The van der Waals surface area contributed by atoms with E-state index < -0.39 is 24.1 Å². The number of nitrogens with zero attached hydrogens (tertiary/aromatic N) is 2. The van der Waals surface area contributed by atoms with Crippen LogP contribution in [0.3, 0.4) is 0 Å². The van der Waals surface area contributed by atoms with Gasteiger partial charge in [-0.1, -0.05) is 17.7 Å². The molecule has 3 aromatic rings. The van der Waals surface area contributed by atoms with Gasteiger partial charge in [-0.25, -0.2) is 9.78 Å². The molecule has 2 aliphatic heterocycles. The largest absolute Gasteiger partial charge is 0.506 e. The summed E-state index contributed by atoms with van der Waals surface area (Å²) in [6.45, 7) is 1.19. The number of hydrogen-bond donors (Lipinski definition) is 2. The zero-order valence-corrected chi connectivity index (χ0v) is 22.2. The van der Waals surface area contributed by atoms with Gasteiger partial charge in [0, 0.05) is 42.7 Å². The Labute approximate surface area is 237 Å². The molecule has 216 valence electrons. The number of piperidine rings is 1. The van der Waals surface area contributed by atoms with Crippen LogP contribution in [0, 0.1) is 0 Å². The number of carbonyl (C=O) groups is 2. The molecule has 0 bridgehead atoms. The summed E-state index contributed by atoms with van der Waals surface area (Å²) in [4.78, 5) is 29.3. The first-order chi connectivity index (χ1) is 19.6. The Morgan fingerprint density at radius 2 is 1.80 bits per heavy atom. The molecule has 9 nitrogen and oxygen atoms in total. The van der Waals surface area contributed by atoms with Crippen molar-refractivity contribution in [1.29, 1.82) is 0 Å². The molecule has 2 N–H and O–H groups in total. The van der Waals surface area contributed by atoms with Crippen LogP contribution in [0.2, 0.25) is 5.02 Å². The molecule has 2 aromatic carbocycles. The van der Waals surface area contributed by atoms with E-state index in [9.17, 15) is 22.8 Å². The summed E-state index contributed by atoms with van der Waals surface area (Å²) in [7, 11) is 0. The fourth-order valence-corrected chi connectivity index (χ4v) is 4.97. The molecule has 1 amide bonds. The average molecular weight is 592 g/mol. The molecule has 1 aromatic heterocycles. The van der Waals surface area contributed by atoms with Crippen LogP contribution in [0.1, 0.15) is 47.0 Å².